The van der Waals surface area contributed by atoms with Crippen molar-refractivity contribution in [3.05, 3.63) is 65.5 Å². The summed E-state index contributed by atoms with van der Waals surface area (Å²) in [4.78, 5) is 45.7. The molecule has 11 nitrogen and oxygen atoms in total. The largest absolute Gasteiger partial charge is 0.481 e. The molecule has 0 aromatic heterocycles. The summed E-state index contributed by atoms with van der Waals surface area (Å²) in [5.41, 5.74) is 4.75. The van der Waals surface area contributed by atoms with Gasteiger partial charge in [-0.15, -0.1) is 0 Å². The molecule has 0 heterocycles. The maximum atomic E-state index is 12.9. The van der Waals surface area contributed by atoms with E-state index >= 15 is 0 Å². The van der Waals surface area contributed by atoms with E-state index in [2.05, 4.69) is 26.5 Å². The minimum Gasteiger partial charge on any atom is -0.481 e. The van der Waals surface area contributed by atoms with Gasteiger partial charge in [0.2, 0.25) is 0 Å². The van der Waals surface area contributed by atoms with Crippen molar-refractivity contribution in [3.8, 4) is 0 Å². The summed E-state index contributed by atoms with van der Waals surface area (Å²) in [6.45, 7) is 0.756. The molecule has 0 bridgehead atoms. The number of hydrogen-bond donors (Lipinski definition) is 6. The average Bonchev–Trinajstić information content (AvgIpc) is 2.87. The maximum absolute atomic E-state index is 12.9. The van der Waals surface area contributed by atoms with Gasteiger partial charge in [-0.1, -0.05) is 12.1 Å². The summed E-state index contributed by atoms with van der Waals surface area (Å²) in [7, 11) is 0. The molecular weight excluding hydrogens is 484 g/mol. The number of nitrogens with one attached hydrogen (secondary N) is 4. The summed E-state index contributed by atoms with van der Waals surface area (Å²) in [6, 6.07) is 10.7. The minimum atomic E-state index is -1.30. The third-order valence-corrected chi connectivity index (χ3v) is 5.10. The quantitative estimate of drug-likeness (QED) is 0.121. The first-order valence-corrected chi connectivity index (χ1v) is 11.7. The van der Waals surface area contributed by atoms with E-state index in [1.165, 1.54) is 12.1 Å². The molecule has 0 aliphatic carbocycles. The van der Waals surface area contributed by atoms with Gasteiger partial charge in [-0.05, 0) is 67.6 Å². The zero-order chi connectivity index (χ0) is 27.0. The van der Waals surface area contributed by atoms with Crippen molar-refractivity contribution < 1.29 is 33.8 Å². The molecule has 2 rings (SSSR count). The summed E-state index contributed by atoms with van der Waals surface area (Å²) in [5.74, 6) is -2.98. The van der Waals surface area contributed by atoms with E-state index in [9.17, 15) is 23.6 Å². The molecule has 0 aliphatic rings. The fraction of sp³-hybridized carbons (Fsp3) is 0.320. The number of carbonyl (C=O) groups is 4. The minimum absolute atomic E-state index is 0.206. The van der Waals surface area contributed by atoms with E-state index in [4.69, 9.17) is 10.2 Å². The van der Waals surface area contributed by atoms with Crippen molar-refractivity contribution in [1.82, 2.24) is 16.0 Å². The van der Waals surface area contributed by atoms with Crippen LogP contribution in [0.2, 0.25) is 0 Å². The first kappa shape index (κ1) is 28.8. The van der Waals surface area contributed by atoms with E-state index in [0.717, 1.165) is 12.0 Å². The molecule has 0 fully saturated rings. The summed E-state index contributed by atoms with van der Waals surface area (Å²) in [5, 5.41) is 29.3. The van der Waals surface area contributed by atoms with Crippen LogP contribution in [0.1, 0.15) is 48.0 Å². The summed E-state index contributed by atoms with van der Waals surface area (Å²) in [6.07, 6.45) is 3.01. The van der Waals surface area contributed by atoms with Crippen LogP contribution in [0.25, 0.3) is 0 Å². The van der Waals surface area contributed by atoms with Crippen LogP contribution in [0.3, 0.4) is 0 Å². The lowest BCUT2D eigenvalue weighted by atomic mass is 10.1. The Kier molecular flexibility index (Phi) is 12.0. The molecule has 12 heteroatoms. The number of aliphatic carboxylic acids is 2. The number of carboxylic acids is 2. The number of rotatable bonds is 15. The molecule has 2 aromatic rings. The zero-order valence-electron chi connectivity index (χ0n) is 20.1. The Morgan fingerprint density at radius 1 is 0.892 bits per heavy atom. The number of unbranched alkanes of at least 4 members (excludes halogenated alkanes) is 2. The Balaban J connectivity index is 1.59. The van der Waals surface area contributed by atoms with Crippen LogP contribution in [0.5, 0.6) is 0 Å². The van der Waals surface area contributed by atoms with E-state index in [1.807, 2.05) is 0 Å². The first-order chi connectivity index (χ1) is 17.7. The van der Waals surface area contributed by atoms with E-state index in [0.29, 0.717) is 37.2 Å². The van der Waals surface area contributed by atoms with Crippen LogP contribution >= 0.6 is 0 Å². The second kappa shape index (κ2) is 15.5. The topological polar surface area (TPSA) is 169 Å². The van der Waals surface area contributed by atoms with E-state index in [1.54, 1.807) is 42.6 Å². The van der Waals surface area contributed by atoms with Crippen molar-refractivity contribution in [2.24, 2.45) is 5.10 Å². The van der Waals surface area contributed by atoms with E-state index < -0.39 is 24.0 Å². The first-order valence-electron chi connectivity index (χ1n) is 11.7. The Labute approximate surface area is 213 Å². The molecule has 1 atom stereocenters. The smallest absolute Gasteiger partial charge is 0.326 e. The van der Waals surface area contributed by atoms with Crippen LogP contribution < -0.4 is 21.4 Å². The van der Waals surface area contributed by atoms with Gasteiger partial charge in [0.15, 0.2) is 0 Å². The summed E-state index contributed by atoms with van der Waals surface area (Å²) >= 11 is 0. The van der Waals surface area contributed by atoms with E-state index in [-0.39, 0.29) is 24.6 Å². The van der Waals surface area contributed by atoms with Crippen LogP contribution in [0.15, 0.2) is 53.6 Å². The van der Waals surface area contributed by atoms with Gasteiger partial charge in [-0.3, -0.25) is 15.0 Å². The molecule has 0 radical (unpaired) electrons. The lowest BCUT2D eigenvalue weighted by Gasteiger charge is -2.14. The van der Waals surface area contributed by atoms with Crippen molar-refractivity contribution in [2.75, 3.05) is 18.5 Å². The number of hydrazone groups is 1. The molecule has 37 heavy (non-hydrogen) atoms. The lowest BCUT2D eigenvalue weighted by Crippen LogP contribution is -2.46. The van der Waals surface area contributed by atoms with Gasteiger partial charge < -0.3 is 26.2 Å². The molecule has 2 aromatic carbocycles. The number of carbonyl (C=O) groups excluding carboxylic acids is 2. The highest BCUT2D eigenvalue weighted by atomic mass is 18.2. The zero-order valence-corrected chi connectivity index (χ0v) is 20.1. The predicted molar refractivity (Wildman–Crippen MR) is 135 cm³/mol. The summed E-state index contributed by atoms with van der Waals surface area (Å²) < 4.78 is 12.9. The Morgan fingerprint density at radius 2 is 1.54 bits per heavy atom. The number of halogens is 1. The molecule has 198 valence electrons. The van der Waals surface area contributed by atoms with Gasteiger partial charge >= 0.3 is 18.0 Å². The van der Waals surface area contributed by atoms with Crippen molar-refractivity contribution in [2.45, 2.75) is 38.1 Å². The Hall–Kier alpha value is -4.48. The average molecular weight is 515 g/mol. The molecule has 6 N–H and O–H groups in total. The third-order valence-electron chi connectivity index (χ3n) is 5.10. The van der Waals surface area contributed by atoms with Crippen LogP contribution in [0.4, 0.5) is 14.9 Å². The number of anilines is 1. The molecule has 1 unspecified atom stereocenters. The third kappa shape index (κ3) is 11.7. The number of urea groups is 1. The number of amides is 3. The number of hydrogen-bond acceptors (Lipinski definition) is 6. The Morgan fingerprint density at radius 3 is 2.16 bits per heavy atom. The van der Waals surface area contributed by atoms with Gasteiger partial charge in [0.05, 0.1) is 11.9 Å². The van der Waals surface area contributed by atoms with Crippen LogP contribution in [-0.2, 0) is 9.59 Å². The fourth-order valence-corrected chi connectivity index (χ4v) is 3.09. The highest BCUT2D eigenvalue weighted by Gasteiger charge is 2.20. The SMILES string of the molecule is O=C(O)CCC(NC(=O)NCCCCCNC(=O)c1ccc(N/N=C\c2ccc([18F])cc2)cc1)C(=O)O. The van der Waals surface area contributed by atoms with Gasteiger partial charge in [0, 0.05) is 25.1 Å². The lowest BCUT2D eigenvalue weighted by molar-refractivity contribution is -0.140. The monoisotopic (exact) mass is 514 g/mol. The normalized spacial score (nSPS) is 11.5. The molecule has 0 spiro atoms. The highest BCUT2D eigenvalue weighted by molar-refractivity contribution is 5.94. The highest BCUT2D eigenvalue weighted by Crippen LogP contribution is 2.10. The second-order valence-corrected chi connectivity index (χ2v) is 8.04. The molecule has 0 saturated carbocycles. The van der Waals surface area contributed by atoms with Crippen molar-refractivity contribution >= 4 is 35.8 Å². The molecule has 0 aliphatic heterocycles. The number of nitrogens with zero attached hydrogens (tertiary/aromatic N) is 1. The predicted octanol–water partition coefficient (Wildman–Crippen LogP) is 2.79. The standard InChI is InChI=1S/C25H30FN5O6/c26-19-8-4-17(5-9-19)16-29-31-20-10-6-18(7-11-20)23(34)27-14-2-1-3-15-28-25(37)30-21(24(35)36)12-13-22(32)33/h4-11,16,21,31H,1-3,12-15H2,(H,27,34)(H,32,33)(H,35,36)(H2,28,30,37)/b29-16-/i26-1. The van der Waals surface area contributed by atoms with Gasteiger partial charge in [0.1, 0.15) is 11.9 Å². The van der Waals surface area contributed by atoms with Gasteiger partial charge in [0.25, 0.3) is 5.91 Å². The van der Waals surface area contributed by atoms with Gasteiger partial charge in [-0.2, -0.15) is 5.10 Å². The molecular formula is C25H30FN5O6. The van der Waals surface area contributed by atoms with Crippen LogP contribution in [-0.4, -0.2) is 59.4 Å². The molecule has 3 amide bonds. The Bertz CT molecular complexity index is 1080. The van der Waals surface area contributed by atoms with Gasteiger partial charge in [-0.25, -0.2) is 14.0 Å². The maximum Gasteiger partial charge on any atom is 0.326 e. The number of carboxylic acid groups (broad SMARTS) is 2. The fourth-order valence-electron chi connectivity index (χ4n) is 3.09. The second-order valence-electron chi connectivity index (χ2n) is 8.04. The van der Waals surface area contributed by atoms with Crippen molar-refractivity contribution in [1.29, 1.82) is 0 Å². The van der Waals surface area contributed by atoms with Crippen LogP contribution in [0, 0.1) is 5.82 Å². The van der Waals surface area contributed by atoms with Crippen molar-refractivity contribution in [3.63, 3.8) is 0 Å². The molecule has 0 saturated heterocycles. The number of benzene rings is 2.